The van der Waals surface area contributed by atoms with Gasteiger partial charge >= 0.3 is 5.97 Å². The SMILES string of the molecule is Cc1ccc(Br)c(NCC(N)C(=O)O)c1. The van der Waals surface area contributed by atoms with E-state index in [0.29, 0.717) is 0 Å². The van der Waals surface area contributed by atoms with Crippen LogP contribution < -0.4 is 11.1 Å². The highest BCUT2D eigenvalue weighted by Gasteiger charge is 2.11. The number of aliphatic carboxylic acids is 1. The molecule has 82 valence electrons. The van der Waals surface area contributed by atoms with Crippen LogP contribution in [0.25, 0.3) is 0 Å². The van der Waals surface area contributed by atoms with Crippen molar-refractivity contribution in [1.82, 2.24) is 0 Å². The Balaban J connectivity index is 2.65. The van der Waals surface area contributed by atoms with Gasteiger partial charge in [0, 0.05) is 16.7 Å². The summed E-state index contributed by atoms with van der Waals surface area (Å²) in [5, 5.41) is 11.6. The minimum Gasteiger partial charge on any atom is -0.480 e. The predicted molar refractivity (Wildman–Crippen MR) is 63.0 cm³/mol. The first-order chi connectivity index (χ1) is 7.00. The average Bonchev–Trinajstić information content (AvgIpc) is 2.18. The Bertz CT molecular complexity index is 368. The Labute approximate surface area is 96.6 Å². The summed E-state index contributed by atoms with van der Waals surface area (Å²) in [5.41, 5.74) is 7.33. The molecule has 1 aromatic carbocycles. The topological polar surface area (TPSA) is 75.3 Å². The maximum Gasteiger partial charge on any atom is 0.322 e. The molecule has 4 nitrogen and oxygen atoms in total. The Hall–Kier alpha value is -1.07. The highest BCUT2D eigenvalue weighted by Crippen LogP contribution is 2.22. The second-order valence-corrected chi connectivity index (χ2v) is 4.16. The number of carboxylic acid groups (broad SMARTS) is 1. The number of halogens is 1. The van der Waals surface area contributed by atoms with Crippen LogP contribution in [0.15, 0.2) is 22.7 Å². The summed E-state index contributed by atoms with van der Waals surface area (Å²) >= 11 is 3.37. The van der Waals surface area contributed by atoms with Crippen molar-refractivity contribution in [3.05, 3.63) is 28.2 Å². The zero-order valence-corrected chi connectivity index (χ0v) is 9.91. The van der Waals surface area contributed by atoms with Crippen molar-refractivity contribution in [3.63, 3.8) is 0 Å². The lowest BCUT2D eigenvalue weighted by atomic mass is 10.2. The fourth-order valence-corrected chi connectivity index (χ4v) is 1.47. The Morgan fingerprint density at radius 3 is 2.93 bits per heavy atom. The molecule has 1 atom stereocenters. The molecule has 0 aliphatic carbocycles. The molecule has 5 heteroatoms. The van der Waals surface area contributed by atoms with Crippen LogP contribution in [0.2, 0.25) is 0 Å². The summed E-state index contributed by atoms with van der Waals surface area (Å²) in [6.45, 7) is 2.17. The van der Waals surface area contributed by atoms with E-state index < -0.39 is 12.0 Å². The summed E-state index contributed by atoms with van der Waals surface area (Å²) in [6.07, 6.45) is 0. The molecule has 0 saturated heterocycles. The monoisotopic (exact) mass is 272 g/mol. The second-order valence-electron chi connectivity index (χ2n) is 3.31. The molecule has 15 heavy (non-hydrogen) atoms. The normalized spacial score (nSPS) is 12.2. The van der Waals surface area contributed by atoms with Gasteiger partial charge in [-0.15, -0.1) is 0 Å². The fourth-order valence-electron chi connectivity index (χ4n) is 1.08. The van der Waals surface area contributed by atoms with Crippen LogP contribution in [0.4, 0.5) is 5.69 Å². The number of rotatable bonds is 4. The van der Waals surface area contributed by atoms with E-state index in [2.05, 4.69) is 21.2 Å². The van der Waals surface area contributed by atoms with Crippen LogP contribution in [0.1, 0.15) is 5.56 Å². The third-order valence-electron chi connectivity index (χ3n) is 1.95. The van der Waals surface area contributed by atoms with Crippen molar-refractivity contribution >= 4 is 27.6 Å². The van der Waals surface area contributed by atoms with Gasteiger partial charge in [0.25, 0.3) is 0 Å². The van der Waals surface area contributed by atoms with Crippen molar-refractivity contribution in [2.24, 2.45) is 5.73 Å². The summed E-state index contributed by atoms with van der Waals surface area (Å²) in [6, 6.07) is 4.91. The minimum atomic E-state index is -1.01. The number of aryl methyl sites for hydroxylation is 1. The lowest BCUT2D eigenvalue weighted by Crippen LogP contribution is -2.37. The number of nitrogens with two attached hydrogens (primary N) is 1. The van der Waals surface area contributed by atoms with Gasteiger partial charge < -0.3 is 16.2 Å². The van der Waals surface area contributed by atoms with Crippen LogP contribution >= 0.6 is 15.9 Å². The fraction of sp³-hybridized carbons (Fsp3) is 0.300. The summed E-state index contributed by atoms with van der Waals surface area (Å²) in [5.74, 6) is -1.01. The standard InChI is InChI=1S/C10H13BrN2O2/c1-6-2-3-7(11)9(4-6)13-5-8(12)10(14)15/h2-4,8,13H,5,12H2,1H3,(H,14,15). The number of hydrogen-bond donors (Lipinski definition) is 3. The first kappa shape index (κ1) is 12.0. The van der Waals surface area contributed by atoms with Gasteiger partial charge in [0.15, 0.2) is 0 Å². The number of nitrogens with one attached hydrogen (secondary N) is 1. The Morgan fingerprint density at radius 1 is 1.67 bits per heavy atom. The number of carboxylic acids is 1. The van der Waals surface area contributed by atoms with Crippen LogP contribution in [0.3, 0.4) is 0 Å². The smallest absolute Gasteiger partial charge is 0.322 e. The predicted octanol–water partition coefficient (Wildman–Crippen LogP) is 1.58. The number of benzene rings is 1. The van der Waals surface area contributed by atoms with Crippen molar-refractivity contribution in [1.29, 1.82) is 0 Å². The third kappa shape index (κ3) is 3.53. The highest BCUT2D eigenvalue weighted by molar-refractivity contribution is 9.10. The van der Waals surface area contributed by atoms with Gasteiger partial charge in [-0.25, -0.2) is 0 Å². The Kier molecular flexibility index (Phi) is 4.11. The van der Waals surface area contributed by atoms with Crippen LogP contribution in [-0.2, 0) is 4.79 Å². The van der Waals surface area contributed by atoms with E-state index in [-0.39, 0.29) is 6.54 Å². The molecular formula is C10H13BrN2O2. The number of anilines is 1. The molecule has 0 heterocycles. The molecule has 0 aromatic heterocycles. The molecule has 0 spiro atoms. The van der Waals surface area contributed by atoms with E-state index in [1.807, 2.05) is 25.1 Å². The third-order valence-corrected chi connectivity index (χ3v) is 2.64. The molecule has 0 aliphatic rings. The first-order valence-corrected chi connectivity index (χ1v) is 5.28. The van der Waals surface area contributed by atoms with E-state index >= 15 is 0 Å². The molecule has 0 saturated carbocycles. The molecule has 0 amide bonds. The summed E-state index contributed by atoms with van der Waals surface area (Å²) in [4.78, 5) is 10.5. The van der Waals surface area contributed by atoms with Crippen molar-refractivity contribution in [3.8, 4) is 0 Å². The molecule has 0 bridgehead atoms. The van der Waals surface area contributed by atoms with Gasteiger partial charge in [-0.2, -0.15) is 0 Å². The van der Waals surface area contributed by atoms with Crippen LogP contribution in [0, 0.1) is 6.92 Å². The maximum absolute atomic E-state index is 10.5. The summed E-state index contributed by atoms with van der Waals surface area (Å²) in [7, 11) is 0. The van der Waals surface area contributed by atoms with Crippen molar-refractivity contribution in [2.45, 2.75) is 13.0 Å². The van der Waals surface area contributed by atoms with Gasteiger partial charge in [-0.3, -0.25) is 4.79 Å². The van der Waals surface area contributed by atoms with E-state index in [9.17, 15) is 4.79 Å². The van der Waals surface area contributed by atoms with Crippen molar-refractivity contribution < 1.29 is 9.90 Å². The summed E-state index contributed by atoms with van der Waals surface area (Å²) < 4.78 is 0.894. The van der Waals surface area contributed by atoms with Gasteiger partial charge in [0.2, 0.25) is 0 Å². The van der Waals surface area contributed by atoms with Crippen molar-refractivity contribution in [2.75, 3.05) is 11.9 Å². The van der Waals surface area contributed by atoms with Gasteiger partial charge in [0.05, 0.1) is 0 Å². The number of carbonyl (C=O) groups is 1. The zero-order valence-electron chi connectivity index (χ0n) is 8.33. The molecule has 0 radical (unpaired) electrons. The molecule has 1 rings (SSSR count). The lowest BCUT2D eigenvalue weighted by molar-refractivity contribution is -0.138. The van der Waals surface area contributed by atoms with Gasteiger partial charge in [0.1, 0.15) is 6.04 Å². The van der Waals surface area contributed by atoms with Crippen LogP contribution in [0.5, 0.6) is 0 Å². The molecule has 0 fully saturated rings. The second kappa shape index (κ2) is 5.14. The largest absolute Gasteiger partial charge is 0.480 e. The van der Waals surface area contributed by atoms with E-state index in [1.165, 1.54) is 0 Å². The molecule has 1 unspecified atom stereocenters. The quantitative estimate of drug-likeness (QED) is 0.778. The minimum absolute atomic E-state index is 0.206. The Morgan fingerprint density at radius 2 is 2.33 bits per heavy atom. The van der Waals surface area contributed by atoms with Crippen LogP contribution in [-0.4, -0.2) is 23.7 Å². The first-order valence-electron chi connectivity index (χ1n) is 4.49. The lowest BCUT2D eigenvalue weighted by Gasteiger charge is -2.11. The van der Waals surface area contributed by atoms with Gasteiger partial charge in [-0.1, -0.05) is 6.07 Å². The number of hydrogen-bond acceptors (Lipinski definition) is 3. The molecule has 0 aliphatic heterocycles. The van der Waals surface area contributed by atoms with E-state index in [1.54, 1.807) is 0 Å². The van der Waals surface area contributed by atoms with Gasteiger partial charge in [-0.05, 0) is 40.5 Å². The zero-order chi connectivity index (χ0) is 11.4. The van der Waals surface area contributed by atoms with E-state index in [4.69, 9.17) is 10.8 Å². The molecular weight excluding hydrogens is 260 g/mol. The maximum atomic E-state index is 10.5. The van der Waals surface area contributed by atoms with E-state index in [0.717, 1.165) is 15.7 Å². The average molecular weight is 273 g/mol. The molecule has 1 aromatic rings. The molecule has 4 N–H and O–H groups in total. The highest BCUT2D eigenvalue weighted by atomic mass is 79.9.